The Kier molecular flexibility index (Phi) is 4.24. The van der Waals surface area contributed by atoms with E-state index in [1.165, 1.54) is 54.4 Å². The largest absolute Gasteiger partial charge is 0.507 e. The number of fused-ring (bicyclic) bond motifs is 1. The molecule has 136 valence electrons. The second-order valence-electron chi connectivity index (χ2n) is 8.18. The molecule has 1 unspecified atom stereocenters. The van der Waals surface area contributed by atoms with Crippen LogP contribution in [0.1, 0.15) is 66.7 Å². The number of allylic oxidation sites excluding steroid dienone is 5. The first-order chi connectivity index (χ1) is 13.3. The summed E-state index contributed by atoms with van der Waals surface area (Å²) in [6, 6.07) is 14.6. The van der Waals surface area contributed by atoms with Gasteiger partial charge in [0.15, 0.2) is 0 Å². The topological polar surface area (TPSA) is 20.2 Å². The maximum atomic E-state index is 10.1. The summed E-state index contributed by atoms with van der Waals surface area (Å²) in [5.74, 6) is 1.82. The molecule has 5 rings (SSSR count). The second-order valence-corrected chi connectivity index (χ2v) is 8.18. The van der Waals surface area contributed by atoms with Gasteiger partial charge in [-0.05, 0) is 65.1 Å². The molecule has 2 aromatic carbocycles. The van der Waals surface area contributed by atoms with E-state index in [0.29, 0.717) is 11.7 Å². The minimum absolute atomic E-state index is 0.355. The lowest BCUT2D eigenvalue weighted by Crippen LogP contribution is -2.13. The molecule has 0 saturated heterocycles. The number of benzene rings is 2. The zero-order chi connectivity index (χ0) is 18.2. The number of hydrogen-bond acceptors (Lipinski definition) is 1. The van der Waals surface area contributed by atoms with Gasteiger partial charge in [0, 0.05) is 11.5 Å². The van der Waals surface area contributed by atoms with Gasteiger partial charge in [0.1, 0.15) is 5.75 Å². The molecule has 1 heteroatoms. The predicted molar refractivity (Wildman–Crippen MR) is 113 cm³/mol. The Morgan fingerprint density at radius 3 is 2.63 bits per heavy atom. The Balaban J connectivity index is 1.40. The molecule has 1 fully saturated rings. The number of rotatable bonds is 3. The van der Waals surface area contributed by atoms with Crippen LogP contribution in [0, 0.1) is 5.92 Å². The highest BCUT2D eigenvalue weighted by Crippen LogP contribution is 2.43. The van der Waals surface area contributed by atoms with E-state index in [-0.39, 0.29) is 0 Å². The quantitative estimate of drug-likeness (QED) is 0.632. The summed E-state index contributed by atoms with van der Waals surface area (Å²) in [5, 5.41) is 10.1. The van der Waals surface area contributed by atoms with Crippen molar-refractivity contribution < 1.29 is 5.11 Å². The maximum absolute atomic E-state index is 10.1. The van der Waals surface area contributed by atoms with Crippen LogP contribution in [0.3, 0.4) is 0 Å². The van der Waals surface area contributed by atoms with E-state index in [1.54, 1.807) is 6.07 Å². The Bertz CT molecular complexity index is 954. The molecule has 1 saturated carbocycles. The molecular weight excluding hydrogens is 328 g/mol. The predicted octanol–water partition coefficient (Wildman–Crippen LogP) is 6.95. The van der Waals surface area contributed by atoms with Crippen molar-refractivity contribution in [2.24, 2.45) is 5.92 Å². The standard InChI is InChI=1S/C26H26O/c27-26-9-5-4-8-25(26)22-11-10-19(17-22)20-12-14-24-21(16-20)13-15-23(24)18-6-2-1-3-7-18/h4-5,8-9,11-18,23,27H,1-3,6-7,10H2. The van der Waals surface area contributed by atoms with E-state index >= 15 is 0 Å². The van der Waals surface area contributed by atoms with Crippen LogP contribution in [0.15, 0.2) is 60.7 Å². The van der Waals surface area contributed by atoms with Gasteiger partial charge in [-0.2, -0.15) is 0 Å². The van der Waals surface area contributed by atoms with Crippen molar-refractivity contribution >= 4 is 17.2 Å². The van der Waals surface area contributed by atoms with Gasteiger partial charge in [-0.3, -0.25) is 0 Å². The molecule has 1 atom stereocenters. The molecule has 1 N–H and O–H groups in total. The average Bonchev–Trinajstić information content (AvgIpc) is 3.36. The van der Waals surface area contributed by atoms with Crippen molar-refractivity contribution in [1.29, 1.82) is 0 Å². The number of phenols is 1. The fraction of sp³-hybridized carbons (Fsp3) is 0.308. The monoisotopic (exact) mass is 354 g/mol. The molecule has 0 aromatic heterocycles. The lowest BCUT2D eigenvalue weighted by molar-refractivity contribution is 0.334. The molecule has 0 aliphatic heterocycles. The first-order valence-electron chi connectivity index (χ1n) is 10.3. The average molecular weight is 354 g/mol. The summed E-state index contributed by atoms with van der Waals surface area (Å²) in [7, 11) is 0. The lowest BCUT2D eigenvalue weighted by Gasteiger charge is -2.27. The van der Waals surface area contributed by atoms with Crippen LogP contribution < -0.4 is 0 Å². The first-order valence-corrected chi connectivity index (χ1v) is 10.3. The lowest BCUT2D eigenvalue weighted by atomic mass is 9.77. The van der Waals surface area contributed by atoms with Crippen LogP contribution in [0.25, 0.3) is 17.2 Å². The molecular formula is C26H26O. The molecule has 0 spiro atoms. The fourth-order valence-corrected chi connectivity index (χ4v) is 5.07. The number of hydrogen-bond donors (Lipinski definition) is 1. The zero-order valence-electron chi connectivity index (χ0n) is 15.7. The maximum Gasteiger partial charge on any atom is 0.123 e. The zero-order valence-corrected chi connectivity index (χ0v) is 15.7. The van der Waals surface area contributed by atoms with Crippen LogP contribution in [0.5, 0.6) is 5.75 Å². The van der Waals surface area contributed by atoms with E-state index in [9.17, 15) is 5.11 Å². The smallest absolute Gasteiger partial charge is 0.123 e. The van der Waals surface area contributed by atoms with Crippen LogP contribution in [-0.2, 0) is 0 Å². The highest BCUT2D eigenvalue weighted by molar-refractivity contribution is 5.91. The number of phenolic OH excluding ortho intramolecular Hbond substituents is 1. The molecule has 0 radical (unpaired) electrons. The Labute approximate surface area is 161 Å². The summed E-state index contributed by atoms with van der Waals surface area (Å²) in [6.45, 7) is 0. The summed E-state index contributed by atoms with van der Waals surface area (Å²) in [6.07, 6.45) is 17.1. The van der Waals surface area contributed by atoms with Gasteiger partial charge in [-0.25, -0.2) is 0 Å². The Hall–Kier alpha value is -2.54. The van der Waals surface area contributed by atoms with Crippen molar-refractivity contribution in [1.82, 2.24) is 0 Å². The number of para-hydroxylation sites is 1. The third-order valence-corrected chi connectivity index (χ3v) is 6.54. The van der Waals surface area contributed by atoms with Crippen LogP contribution in [0.4, 0.5) is 0 Å². The summed E-state index contributed by atoms with van der Waals surface area (Å²) < 4.78 is 0. The van der Waals surface area contributed by atoms with Gasteiger partial charge < -0.3 is 5.11 Å². The normalized spacial score (nSPS) is 21.9. The van der Waals surface area contributed by atoms with Gasteiger partial charge in [0.2, 0.25) is 0 Å². The second kappa shape index (κ2) is 6.88. The van der Waals surface area contributed by atoms with Crippen molar-refractivity contribution in [3.63, 3.8) is 0 Å². The highest BCUT2D eigenvalue weighted by Gasteiger charge is 2.27. The van der Waals surface area contributed by atoms with Crippen LogP contribution in [-0.4, -0.2) is 5.11 Å². The van der Waals surface area contributed by atoms with Gasteiger partial charge in [0.05, 0.1) is 0 Å². The van der Waals surface area contributed by atoms with Crippen molar-refractivity contribution in [3.05, 3.63) is 82.9 Å². The molecule has 27 heavy (non-hydrogen) atoms. The summed E-state index contributed by atoms with van der Waals surface area (Å²) >= 11 is 0. The van der Waals surface area contributed by atoms with Crippen LogP contribution >= 0.6 is 0 Å². The molecule has 0 heterocycles. The third-order valence-electron chi connectivity index (χ3n) is 6.54. The fourth-order valence-electron chi connectivity index (χ4n) is 5.07. The van der Waals surface area contributed by atoms with Crippen molar-refractivity contribution in [3.8, 4) is 5.75 Å². The Morgan fingerprint density at radius 1 is 0.926 bits per heavy atom. The number of aromatic hydroxyl groups is 1. The molecule has 1 nitrogen and oxygen atoms in total. The van der Waals surface area contributed by atoms with Gasteiger partial charge in [0.25, 0.3) is 0 Å². The minimum Gasteiger partial charge on any atom is -0.507 e. The van der Waals surface area contributed by atoms with Gasteiger partial charge in [-0.15, -0.1) is 0 Å². The molecule has 0 bridgehead atoms. The van der Waals surface area contributed by atoms with E-state index in [1.807, 2.05) is 18.2 Å². The summed E-state index contributed by atoms with van der Waals surface area (Å²) in [4.78, 5) is 0. The van der Waals surface area contributed by atoms with Crippen LogP contribution in [0.2, 0.25) is 0 Å². The van der Waals surface area contributed by atoms with Crippen molar-refractivity contribution in [2.75, 3.05) is 0 Å². The molecule has 3 aliphatic rings. The first kappa shape index (κ1) is 16.6. The molecule has 2 aromatic rings. The highest BCUT2D eigenvalue weighted by atomic mass is 16.3. The minimum atomic E-state index is 0.355. The van der Waals surface area contributed by atoms with Gasteiger partial charge >= 0.3 is 0 Å². The molecule has 0 amide bonds. The Morgan fingerprint density at radius 2 is 1.78 bits per heavy atom. The molecule has 3 aliphatic carbocycles. The SMILES string of the molecule is Oc1ccccc1C1=CCC(c2ccc3c(c2)C=CC3C2CCCCC2)=C1. The summed E-state index contributed by atoms with van der Waals surface area (Å²) in [5.41, 5.74) is 7.62. The van der Waals surface area contributed by atoms with Crippen molar-refractivity contribution in [2.45, 2.75) is 44.4 Å². The van der Waals surface area contributed by atoms with E-state index in [2.05, 4.69) is 42.5 Å². The van der Waals surface area contributed by atoms with Gasteiger partial charge in [-0.1, -0.05) is 73.9 Å². The van der Waals surface area contributed by atoms with E-state index < -0.39 is 0 Å². The van der Waals surface area contributed by atoms with E-state index in [0.717, 1.165) is 23.5 Å². The third kappa shape index (κ3) is 3.06. The van der Waals surface area contributed by atoms with E-state index in [4.69, 9.17) is 0 Å².